The minimum absolute atomic E-state index is 0.762. The zero-order valence-corrected chi connectivity index (χ0v) is 19.4. The van der Waals surface area contributed by atoms with Crippen LogP contribution in [0.25, 0.3) is 0 Å². The minimum atomic E-state index is 0.762. The van der Waals surface area contributed by atoms with Crippen LogP contribution in [0.2, 0.25) is 0 Å². The van der Waals surface area contributed by atoms with Crippen LogP contribution in [0.5, 0.6) is 0 Å². The van der Waals surface area contributed by atoms with E-state index in [4.69, 9.17) is 0 Å². The van der Waals surface area contributed by atoms with Crippen molar-refractivity contribution in [2.24, 2.45) is 0 Å². The summed E-state index contributed by atoms with van der Waals surface area (Å²) in [6, 6.07) is 0. The lowest BCUT2D eigenvalue weighted by atomic mass is 10.0. The molecule has 28 heavy (non-hydrogen) atoms. The molecule has 164 valence electrons. The summed E-state index contributed by atoms with van der Waals surface area (Å²) >= 11 is 0. The van der Waals surface area contributed by atoms with Gasteiger partial charge in [-0.3, -0.25) is 0 Å². The molecule has 0 aromatic rings. The zero-order valence-electron chi connectivity index (χ0n) is 19.4. The van der Waals surface area contributed by atoms with Crippen LogP contribution in [0.15, 0.2) is 0 Å². The molecule has 0 saturated heterocycles. The van der Waals surface area contributed by atoms with Gasteiger partial charge in [0.1, 0.15) is 0 Å². The standard InChI is InChI=1S/C28H52/c1-3-5-7-9-11-13-15-17-19-21-23-25-27-28-26-24-22-20-18-16-14-12-10-8-6-4-2/h1-5,7,9-28H2. The van der Waals surface area contributed by atoms with Gasteiger partial charge in [-0.15, -0.1) is 11.8 Å². The molecule has 0 aliphatic heterocycles. The lowest BCUT2D eigenvalue weighted by Gasteiger charge is -2.04. The van der Waals surface area contributed by atoms with Crippen LogP contribution in [-0.4, -0.2) is 0 Å². The average molecular weight is 389 g/mol. The fourth-order valence-electron chi connectivity index (χ4n) is 3.93. The maximum absolute atomic E-state index is 3.91. The van der Waals surface area contributed by atoms with Crippen molar-refractivity contribution in [2.45, 2.75) is 154 Å². The highest BCUT2D eigenvalue weighted by atomic mass is 14.0. The third-order valence-corrected chi connectivity index (χ3v) is 5.80. The summed E-state index contributed by atoms with van der Waals surface area (Å²) in [5.41, 5.74) is 0. The molecule has 0 heteroatoms. The van der Waals surface area contributed by atoms with Crippen LogP contribution in [0.3, 0.4) is 0 Å². The van der Waals surface area contributed by atoms with Crippen LogP contribution < -0.4 is 0 Å². The second kappa shape index (κ2) is 26.6. The van der Waals surface area contributed by atoms with Gasteiger partial charge in [-0.1, -0.05) is 142 Å². The highest BCUT2D eigenvalue weighted by Gasteiger charge is 1.95. The van der Waals surface area contributed by atoms with Gasteiger partial charge in [0.2, 0.25) is 0 Å². The van der Waals surface area contributed by atoms with E-state index in [0.29, 0.717) is 0 Å². The number of hydrogen-bond acceptors (Lipinski definition) is 0. The van der Waals surface area contributed by atoms with Gasteiger partial charge in [-0.05, 0) is 13.3 Å². The smallest absolute Gasteiger partial charge is 0.00890 e. The van der Waals surface area contributed by atoms with Crippen molar-refractivity contribution in [1.82, 2.24) is 0 Å². The third kappa shape index (κ3) is 25.6. The van der Waals surface area contributed by atoms with Gasteiger partial charge in [0.05, 0.1) is 0 Å². The lowest BCUT2D eigenvalue weighted by Crippen LogP contribution is -1.84. The molecule has 0 fully saturated rings. The van der Waals surface area contributed by atoms with Gasteiger partial charge in [-0.2, -0.15) is 0 Å². The Morgan fingerprint density at radius 2 is 0.607 bits per heavy atom. The molecule has 0 heterocycles. The molecule has 0 amide bonds. The van der Waals surface area contributed by atoms with Crippen molar-refractivity contribution in [3.63, 3.8) is 0 Å². The van der Waals surface area contributed by atoms with E-state index in [1.54, 1.807) is 0 Å². The topological polar surface area (TPSA) is 0 Å². The monoisotopic (exact) mass is 388 g/mol. The second-order valence-corrected chi connectivity index (χ2v) is 8.63. The largest absolute Gasteiger partial charge is 0.103 e. The zero-order chi connectivity index (χ0) is 20.4. The van der Waals surface area contributed by atoms with E-state index >= 15 is 0 Å². The quantitative estimate of drug-likeness (QED) is 0.128. The van der Waals surface area contributed by atoms with E-state index < -0.39 is 0 Å². The molecule has 0 saturated carbocycles. The summed E-state index contributed by atoms with van der Waals surface area (Å²) < 4.78 is 0. The Hall–Kier alpha value is -0.440. The van der Waals surface area contributed by atoms with Crippen molar-refractivity contribution in [3.05, 3.63) is 13.8 Å². The molecule has 0 N–H and O–H groups in total. The first-order valence-corrected chi connectivity index (χ1v) is 13.0. The van der Waals surface area contributed by atoms with Crippen LogP contribution >= 0.6 is 0 Å². The van der Waals surface area contributed by atoms with E-state index in [9.17, 15) is 0 Å². The predicted octanol–water partition coefficient (Wildman–Crippen LogP) is 10.0. The Balaban J connectivity index is 2.99. The summed E-state index contributed by atoms with van der Waals surface area (Å²) in [6.45, 7) is 7.65. The minimum Gasteiger partial charge on any atom is -0.103 e. The van der Waals surface area contributed by atoms with Crippen LogP contribution in [-0.2, 0) is 0 Å². The number of rotatable bonds is 22. The van der Waals surface area contributed by atoms with Gasteiger partial charge in [0.15, 0.2) is 0 Å². The molecule has 0 aliphatic carbocycles. The molecular weight excluding hydrogens is 336 g/mol. The Bertz CT molecular complexity index is 319. The third-order valence-electron chi connectivity index (χ3n) is 5.80. The highest BCUT2D eigenvalue weighted by molar-refractivity contribution is 4.98. The number of hydrogen-bond donors (Lipinski definition) is 0. The molecule has 0 rings (SSSR count). The van der Waals surface area contributed by atoms with Gasteiger partial charge < -0.3 is 0 Å². The van der Waals surface area contributed by atoms with Gasteiger partial charge >= 0.3 is 0 Å². The lowest BCUT2D eigenvalue weighted by molar-refractivity contribution is 0.520. The molecule has 0 bridgehead atoms. The van der Waals surface area contributed by atoms with Crippen molar-refractivity contribution in [3.8, 4) is 11.8 Å². The van der Waals surface area contributed by atoms with Crippen molar-refractivity contribution >= 4 is 0 Å². The summed E-state index contributed by atoms with van der Waals surface area (Å²) in [7, 11) is 0. The Morgan fingerprint density at radius 1 is 0.321 bits per heavy atom. The summed E-state index contributed by atoms with van der Waals surface area (Å²) in [5, 5.41) is 0. The molecule has 0 atom stereocenters. The van der Waals surface area contributed by atoms with E-state index in [1.807, 2.05) is 0 Å². The fourth-order valence-corrected chi connectivity index (χ4v) is 3.93. The summed E-state index contributed by atoms with van der Waals surface area (Å²) in [4.78, 5) is 0. The molecule has 0 aromatic heterocycles. The highest BCUT2D eigenvalue weighted by Crippen LogP contribution is 2.15. The van der Waals surface area contributed by atoms with Crippen LogP contribution in [0, 0.1) is 25.7 Å². The van der Waals surface area contributed by atoms with E-state index in [2.05, 4.69) is 25.7 Å². The van der Waals surface area contributed by atoms with E-state index in [1.165, 1.54) is 135 Å². The Morgan fingerprint density at radius 3 is 0.893 bits per heavy atom. The van der Waals surface area contributed by atoms with Crippen molar-refractivity contribution < 1.29 is 0 Å². The average Bonchev–Trinajstić information content (AvgIpc) is 2.71. The molecular formula is C28H52. The molecule has 0 unspecified atom stereocenters. The molecule has 0 aromatic carbocycles. The van der Waals surface area contributed by atoms with E-state index in [0.717, 1.165) is 19.3 Å². The summed E-state index contributed by atoms with van der Waals surface area (Å²) in [6.07, 6.45) is 33.1. The van der Waals surface area contributed by atoms with Crippen LogP contribution in [0.1, 0.15) is 154 Å². The summed E-state index contributed by atoms with van der Waals surface area (Å²) in [5.74, 6) is 6.23. The van der Waals surface area contributed by atoms with Gasteiger partial charge in [0, 0.05) is 12.8 Å². The van der Waals surface area contributed by atoms with Crippen molar-refractivity contribution in [1.29, 1.82) is 0 Å². The van der Waals surface area contributed by atoms with Crippen molar-refractivity contribution in [2.75, 3.05) is 0 Å². The molecule has 2 radical (unpaired) electrons. The first kappa shape index (κ1) is 27.6. The maximum Gasteiger partial charge on any atom is 0.00890 e. The Labute approximate surface area is 180 Å². The number of unbranched alkanes of at least 4 members (excludes halogenated alkanes) is 22. The van der Waals surface area contributed by atoms with E-state index in [-0.39, 0.29) is 0 Å². The first-order chi connectivity index (χ1) is 13.9. The predicted molar refractivity (Wildman–Crippen MR) is 129 cm³/mol. The second-order valence-electron chi connectivity index (χ2n) is 8.63. The SMILES string of the molecule is [CH2]CC#CCCCCCCCCCCCCCCCCCCCCCCC[CH2]. The molecule has 0 nitrogen and oxygen atoms in total. The van der Waals surface area contributed by atoms with Gasteiger partial charge in [0.25, 0.3) is 0 Å². The first-order valence-electron chi connectivity index (χ1n) is 13.0. The maximum atomic E-state index is 3.91. The van der Waals surface area contributed by atoms with Crippen LogP contribution in [0.4, 0.5) is 0 Å². The fraction of sp³-hybridized carbons (Fsp3) is 0.857. The Kier molecular flexibility index (Phi) is 26.1. The normalized spacial score (nSPS) is 10.8. The van der Waals surface area contributed by atoms with Gasteiger partial charge in [-0.25, -0.2) is 0 Å². The molecule has 0 aliphatic rings. The molecule has 0 spiro atoms.